The fraction of sp³-hybridized carbons (Fsp3) is 0.545. The van der Waals surface area contributed by atoms with Crippen LogP contribution in [0.3, 0.4) is 0 Å². The minimum atomic E-state index is -0.799. The third-order valence-electron chi connectivity index (χ3n) is 2.21. The van der Waals surface area contributed by atoms with Crippen LogP contribution in [0.25, 0.3) is 11.5 Å². The summed E-state index contributed by atoms with van der Waals surface area (Å²) in [5, 5.41) is 17.6. The molecule has 17 heavy (non-hydrogen) atoms. The molecule has 0 bridgehead atoms. The normalized spacial score (nSPS) is 12.0. The van der Waals surface area contributed by atoms with Crippen molar-refractivity contribution in [3.8, 4) is 11.5 Å². The molecule has 2 rings (SSSR count). The van der Waals surface area contributed by atoms with Crippen molar-refractivity contribution < 1.29 is 9.63 Å². The summed E-state index contributed by atoms with van der Waals surface area (Å²) in [7, 11) is 0. The number of hydrogen-bond donors (Lipinski definition) is 1. The molecule has 2 aromatic heterocycles. The molecule has 6 nitrogen and oxygen atoms in total. The molecular weight excluding hydrogens is 220 g/mol. The van der Waals surface area contributed by atoms with Gasteiger partial charge in [-0.25, -0.2) is 0 Å². The molecule has 2 aromatic rings. The van der Waals surface area contributed by atoms with Gasteiger partial charge in [-0.1, -0.05) is 12.1 Å². The molecule has 0 radical (unpaired) electrons. The smallest absolute Gasteiger partial charge is 0.261 e. The molecule has 1 N–H and O–H groups in total. The highest BCUT2D eigenvalue weighted by Gasteiger charge is 2.16. The van der Waals surface area contributed by atoms with Crippen molar-refractivity contribution in [2.45, 2.75) is 39.3 Å². The summed E-state index contributed by atoms with van der Waals surface area (Å²) in [5.41, 5.74) is -0.0337. The Morgan fingerprint density at radius 3 is 2.82 bits per heavy atom. The highest BCUT2D eigenvalue weighted by atomic mass is 16.5. The van der Waals surface area contributed by atoms with Gasteiger partial charge in [-0.3, -0.25) is 4.68 Å². The quantitative estimate of drug-likeness (QED) is 0.864. The fourth-order valence-corrected chi connectivity index (χ4v) is 1.47. The van der Waals surface area contributed by atoms with Gasteiger partial charge < -0.3 is 9.63 Å². The van der Waals surface area contributed by atoms with Gasteiger partial charge in [-0.2, -0.15) is 10.1 Å². The van der Waals surface area contributed by atoms with Crippen LogP contribution in [0.4, 0.5) is 0 Å². The molecule has 6 heteroatoms. The average molecular weight is 236 g/mol. The Labute approximate surface area is 99.3 Å². The van der Waals surface area contributed by atoms with E-state index in [1.165, 1.54) is 0 Å². The van der Waals surface area contributed by atoms with Crippen molar-refractivity contribution in [1.82, 2.24) is 19.9 Å². The molecule has 0 saturated heterocycles. The number of rotatable bonds is 4. The first-order chi connectivity index (χ1) is 7.98. The maximum atomic E-state index is 9.68. The summed E-state index contributed by atoms with van der Waals surface area (Å²) in [4.78, 5) is 4.22. The summed E-state index contributed by atoms with van der Waals surface area (Å²) in [6.07, 6.45) is 4.17. The van der Waals surface area contributed by atoms with Gasteiger partial charge in [0.25, 0.3) is 5.89 Å². The molecule has 0 amide bonds. The van der Waals surface area contributed by atoms with E-state index in [0.29, 0.717) is 18.3 Å². The number of nitrogens with zero attached hydrogens (tertiary/aromatic N) is 4. The largest absolute Gasteiger partial charge is 0.389 e. The zero-order valence-electron chi connectivity index (χ0n) is 10.2. The third-order valence-corrected chi connectivity index (χ3v) is 2.21. The van der Waals surface area contributed by atoms with Crippen molar-refractivity contribution in [3.05, 3.63) is 18.2 Å². The molecule has 2 heterocycles. The van der Waals surface area contributed by atoms with Gasteiger partial charge in [0, 0.05) is 12.6 Å². The molecule has 0 aliphatic carbocycles. The predicted molar refractivity (Wildman–Crippen MR) is 61.2 cm³/mol. The molecule has 0 aliphatic rings. The molecule has 0 aliphatic heterocycles. The maximum absolute atomic E-state index is 9.68. The summed E-state index contributed by atoms with van der Waals surface area (Å²) in [6, 6.07) is 0. The first-order valence-corrected chi connectivity index (χ1v) is 5.56. The van der Waals surface area contributed by atoms with Crippen molar-refractivity contribution in [2.75, 3.05) is 0 Å². The topological polar surface area (TPSA) is 77.0 Å². The lowest BCUT2D eigenvalue weighted by molar-refractivity contribution is 0.0577. The fourth-order valence-electron chi connectivity index (χ4n) is 1.47. The molecule has 0 aromatic carbocycles. The van der Waals surface area contributed by atoms with Crippen molar-refractivity contribution in [1.29, 1.82) is 0 Å². The van der Waals surface area contributed by atoms with E-state index >= 15 is 0 Å². The van der Waals surface area contributed by atoms with Crippen LogP contribution in [0.2, 0.25) is 0 Å². The van der Waals surface area contributed by atoms with Gasteiger partial charge in [0.15, 0.2) is 5.82 Å². The Morgan fingerprint density at radius 2 is 2.24 bits per heavy atom. The Kier molecular flexibility index (Phi) is 2.97. The van der Waals surface area contributed by atoms with Crippen molar-refractivity contribution >= 4 is 0 Å². The summed E-state index contributed by atoms with van der Waals surface area (Å²) in [5.74, 6) is 1.14. The van der Waals surface area contributed by atoms with Crippen LogP contribution < -0.4 is 0 Å². The molecule has 0 atom stereocenters. The Morgan fingerprint density at radius 1 is 1.47 bits per heavy atom. The predicted octanol–water partition coefficient (Wildman–Crippen LogP) is 1.27. The minimum Gasteiger partial charge on any atom is -0.389 e. The van der Waals surface area contributed by atoms with Crippen LogP contribution in [0, 0.1) is 0 Å². The van der Waals surface area contributed by atoms with Gasteiger partial charge >= 0.3 is 0 Å². The summed E-state index contributed by atoms with van der Waals surface area (Å²) < 4.78 is 6.77. The molecule has 0 fully saturated rings. The minimum absolute atomic E-state index is 0.418. The number of aromatic nitrogens is 4. The van der Waals surface area contributed by atoms with Crippen molar-refractivity contribution in [3.63, 3.8) is 0 Å². The molecular formula is C11H16N4O2. The van der Waals surface area contributed by atoms with E-state index in [1.807, 2.05) is 6.92 Å². The third kappa shape index (κ3) is 2.91. The first kappa shape index (κ1) is 11.8. The Hall–Kier alpha value is -1.69. The van der Waals surface area contributed by atoms with E-state index in [2.05, 4.69) is 15.2 Å². The lowest BCUT2D eigenvalue weighted by Crippen LogP contribution is -2.26. The van der Waals surface area contributed by atoms with Crippen LogP contribution in [0.1, 0.15) is 26.6 Å². The molecule has 0 saturated carbocycles. The second-order valence-electron chi connectivity index (χ2n) is 4.61. The van der Waals surface area contributed by atoms with E-state index in [-0.39, 0.29) is 0 Å². The van der Waals surface area contributed by atoms with E-state index in [0.717, 1.165) is 12.0 Å². The standard InChI is InChI=1S/C11H16N4O2/c1-4-9-13-10(17-14-9)8-5-12-15(6-8)7-11(2,3)16/h5-6,16H,4,7H2,1-3H3. The van der Waals surface area contributed by atoms with Crippen LogP contribution in [-0.4, -0.2) is 30.6 Å². The number of aliphatic hydroxyl groups is 1. The lowest BCUT2D eigenvalue weighted by atomic mass is 10.1. The van der Waals surface area contributed by atoms with Crippen LogP contribution in [0.5, 0.6) is 0 Å². The van der Waals surface area contributed by atoms with Gasteiger partial charge in [-0.05, 0) is 13.8 Å². The van der Waals surface area contributed by atoms with Crippen LogP contribution in [-0.2, 0) is 13.0 Å². The van der Waals surface area contributed by atoms with Crippen molar-refractivity contribution in [2.24, 2.45) is 0 Å². The summed E-state index contributed by atoms with van der Waals surface area (Å²) in [6.45, 7) is 5.85. The highest BCUT2D eigenvalue weighted by molar-refractivity contribution is 5.49. The monoisotopic (exact) mass is 236 g/mol. The number of aryl methyl sites for hydroxylation is 1. The zero-order valence-corrected chi connectivity index (χ0v) is 10.2. The summed E-state index contributed by atoms with van der Waals surface area (Å²) >= 11 is 0. The van der Waals surface area contributed by atoms with Gasteiger partial charge in [0.1, 0.15) is 0 Å². The second-order valence-corrected chi connectivity index (χ2v) is 4.61. The van der Waals surface area contributed by atoms with E-state index in [1.54, 1.807) is 30.9 Å². The van der Waals surface area contributed by atoms with Crippen LogP contribution >= 0.6 is 0 Å². The second kappa shape index (κ2) is 4.29. The molecule has 0 unspecified atom stereocenters. The van der Waals surface area contributed by atoms with E-state index in [4.69, 9.17) is 4.52 Å². The van der Waals surface area contributed by atoms with E-state index in [9.17, 15) is 5.11 Å². The first-order valence-electron chi connectivity index (χ1n) is 5.56. The molecule has 0 spiro atoms. The lowest BCUT2D eigenvalue weighted by Gasteiger charge is -2.16. The van der Waals surface area contributed by atoms with E-state index < -0.39 is 5.60 Å². The van der Waals surface area contributed by atoms with Gasteiger partial charge in [0.2, 0.25) is 0 Å². The SMILES string of the molecule is CCc1noc(-c2cnn(CC(C)(C)O)c2)n1. The Bertz CT molecular complexity index is 496. The zero-order chi connectivity index (χ0) is 12.5. The van der Waals surface area contributed by atoms with Gasteiger partial charge in [0.05, 0.1) is 23.9 Å². The highest BCUT2D eigenvalue weighted by Crippen LogP contribution is 2.17. The van der Waals surface area contributed by atoms with Gasteiger partial charge in [-0.15, -0.1) is 0 Å². The Balaban J connectivity index is 2.18. The maximum Gasteiger partial charge on any atom is 0.261 e. The molecule has 92 valence electrons. The average Bonchev–Trinajstić information content (AvgIpc) is 2.82. The van der Waals surface area contributed by atoms with Crippen LogP contribution in [0.15, 0.2) is 16.9 Å². The number of hydrogen-bond acceptors (Lipinski definition) is 5.